The van der Waals surface area contributed by atoms with Crippen molar-refractivity contribution in [2.45, 2.75) is 32.2 Å². The molecule has 1 rings (SSSR count). The first kappa shape index (κ1) is 8.97. The highest BCUT2D eigenvalue weighted by atomic mass is 16.7. The van der Waals surface area contributed by atoms with Crippen LogP contribution in [0.3, 0.4) is 0 Å². The minimum Gasteiger partial charge on any atom is -0.379 e. The second-order valence-corrected chi connectivity index (χ2v) is 2.82. The zero-order valence-electron chi connectivity index (χ0n) is 7.21. The maximum absolute atomic E-state index is 5.41. The van der Waals surface area contributed by atoms with Gasteiger partial charge in [0.25, 0.3) is 0 Å². The third-order valence-corrected chi connectivity index (χ3v) is 1.81. The van der Waals surface area contributed by atoms with E-state index in [0.717, 1.165) is 19.4 Å². The van der Waals surface area contributed by atoms with E-state index in [4.69, 9.17) is 14.2 Å². The zero-order valence-corrected chi connectivity index (χ0v) is 7.21. The Labute approximate surface area is 67.6 Å². The van der Waals surface area contributed by atoms with Gasteiger partial charge in [0.1, 0.15) is 0 Å². The molecule has 0 N–H and O–H groups in total. The van der Waals surface area contributed by atoms with Crippen molar-refractivity contribution in [3.63, 3.8) is 0 Å². The number of hydrogen-bond acceptors (Lipinski definition) is 3. The number of methoxy groups -OCH3 is 1. The molecule has 1 aliphatic heterocycles. The molecule has 0 bridgehead atoms. The Bertz CT molecular complexity index is 99.5. The van der Waals surface area contributed by atoms with E-state index in [-0.39, 0.29) is 12.4 Å². The summed E-state index contributed by atoms with van der Waals surface area (Å²) in [6.07, 6.45) is 2.33. The van der Waals surface area contributed by atoms with E-state index in [1.54, 1.807) is 7.11 Å². The van der Waals surface area contributed by atoms with Gasteiger partial charge in [0.2, 0.25) is 0 Å². The Hall–Kier alpha value is -0.120. The summed E-state index contributed by atoms with van der Waals surface area (Å²) < 4.78 is 15.7. The summed E-state index contributed by atoms with van der Waals surface area (Å²) in [7, 11) is 1.68. The van der Waals surface area contributed by atoms with Crippen molar-refractivity contribution in [2.24, 2.45) is 0 Å². The van der Waals surface area contributed by atoms with Crippen LogP contribution in [0, 0.1) is 0 Å². The smallest absolute Gasteiger partial charge is 0.157 e. The minimum absolute atomic E-state index is 0.0209. The van der Waals surface area contributed by atoms with Crippen LogP contribution in [-0.4, -0.2) is 32.7 Å². The third kappa shape index (κ3) is 3.18. The molecule has 2 atom stereocenters. The SMILES string of the molecule is CO[C@@H](C)COC1CCCO1. The molecule has 0 spiro atoms. The lowest BCUT2D eigenvalue weighted by Gasteiger charge is -2.14. The Morgan fingerprint density at radius 1 is 1.64 bits per heavy atom. The summed E-state index contributed by atoms with van der Waals surface area (Å²) in [5, 5.41) is 0. The molecule has 0 aromatic heterocycles. The van der Waals surface area contributed by atoms with Crippen LogP contribution in [0.5, 0.6) is 0 Å². The number of ether oxygens (including phenoxy) is 3. The normalized spacial score (nSPS) is 27.3. The van der Waals surface area contributed by atoms with Crippen molar-refractivity contribution in [1.82, 2.24) is 0 Å². The van der Waals surface area contributed by atoms with Gasteiger partial charge in [-0.1, -0.05) is 0 Å². The van der Waals surface area contributed by atoms with Crippen LogP contribution in [0.4, 0.5) is 0 Å². The summed E-state index contributed by atoms with van der Waals surface area (Å²) in [4.78, 5) is 0. The predicted molar refractivity (Wildman–Crippen MR) is 41.4 cm³/mol. The fourth-order valence-corrected chi connectivity index (χ4v) is 0.990. The second-order valence-electron chi connectivity index (χ2n) is 2.82. The lowest BCUT2D eigenvalue weighted by molar-refractivity contribution is -0.131. The molecular weight excluding hydrogens is 144 g/mol. The minimum atomic E-state index is 0.0209. The van der Waals surface area contributed by atoms with Gasteiger partial charge in [-0.05, 0) is 13.3 Å². The first-order valence-corrected chi connectivity index (χ1v) is 4.09. The highest BCUT2D eigenvalue weighted by Crippen LogP contribution is 2.13. The molecular formula is C8H16O3. The van der Waals surface area contributed by atoms with Crippen LogP contribution in [-0.2, 0) is 14.2 Å². The molecule has 1 fully saturated rings. The van der Waals surface area contributed by atoms with Crippen molar-refractivity contribution < 1.29 is 14.2 Å². The highest BCUT2D eigenvalue weighted by Gasteiger charge is 2.16. The molecule has 0 aliphatic carbocycles. The maximum atomic E-state index is 5.41. The van der Waals surface area contributed by atoms with Crippen molar-refractivity contribution in [3.05, 3.63) is 0 Å². The molecule has 0 amide bonds. The van der Waals surface area contributed by atoms with Crippen molar-refractivity contribution in [3.8, 4) is 0 Å². The number of hydrogen-bond donors (Lipinski definition) is 0. The van der Waals surface area contributed by atoms with Gasteiger partial charge < -0.3 is 14.2 Å². The fraction of sp³-hybridized carbons (Fsp3) is 1.00. The largest absolute Gasteiger partial charge is 0.379 e. The van der Waals surface area contributed by atoms with E-state index in [0.29, 0.717) is 6.61 Å². The molecule has 3 nitrogen and oxygen atoms in total. The van der Waals surface area contributed by atoms with Crippen LogP contribution in [0.2, 0.25) is 0 Å². The summed E-state index contributed by atoms with van der Waals surface area (Å²) in [5.74, 6) is 0. The molecule has 0 radical (unpaired) electrons. The van der Waals surface area contributed by atoms with Gasteiger partial charge in [-0.25, -0.2) is 0 Å². The van der Waals surface area contributed by atoms with E-state index in [2.05, 4.69) is 0 Å². The number of rotatable bonds is 4. The van der Waals surface area contributed by atoms with E-state index < -0.39 is 0 Å². The fourth-order valence-electron chi connectivity index (χ4n) is 0.990. The lowest BCUT2D eigenvalue weighted by atomic mass is 10.3. The summed E-state index contributed by atoms with van der Waals surface area (Å²) in [6, 6.07) is 0. The Morgan fingerprint density at radius 3 is 3.00 bits per heavy atom. The molecule has 1 unspecified atom stereocenters. The van der Waals surface area contributed by atoms with E-state index in [1.165, 1.54) is 0 Å². The molecule has 0 saturated carbocycles. The second kappa shape index (κ2) is 4.70. The topological polar surface area (TPSA) is 27.7 Å². The standard InChI is InChI=1S/C8H16O3/c1-7(9-2)6-11-8-4-3-5-10-8/h7-8H,3-6H2,1-2H3/t7-,8?/m0/s1. The van der Waals surface area contributed by atoms with Crippen LogP contribution in [0.25, 0.3) is 0 Å². The summed E-state index contributed by atoms with van der Waals surface area (Å²) in [5.41, 5.74) is 0. The van der Waals surface area contributed by atoms with E-state index in [1.807, 2.05) is 6.92 Å². The van der Waals surface area contributed by atoms with Crippen LogP contribution >= 0.6 is 0 Å². The van der Waals surface area contributed by atoms with E-state index >= 15 is 0 Å². The summed E-state index contributed by atoms with van der Waals surface area (Å²) in [6.45, 7) is 3.45. The van der Waals surface area contributed by atoms with Gasteiger partial charge in [0, 0.05) is 20.1 Å². The average Bonchev–Trinajstić information content (AvgIpc) is 2.52. The van der Waals surface area contributed by atoms with Crippen LogP contribution < -0.4 is 0 Å². The van der Waals surface area contributed by atoms with Crippen molar-refractivity contribution in [1.29, 1.82) is 0 Å². The highest BCUT2D eigenvalue weighted by molar-refractivity contribution is 4.55. The molecule has 3 heteroatoms. The van der Waals surface area contributed by atoms with Crippen molar-refractivity contribution in [2.75, 3.05) is 20.3 Å². The van der Waals surface area contributed by atoms with Gasteiger partial charge in [-0.2, -0.15) is 0 Å². The zero-order chi connectivity index (χ0) is 8.10. The Balaban J connectivity index is 2.01. The summed E-state index contributed by atoms with van der Waals surface area (Å²) >= 11 is 0. The Morgan fingerprint density at radius 2 is 2.45 bits per heavy atom. The van der Waals surface area contributed by atoms with Crippen molar-refractivity contribution >= 4 is 0 Å². The molecule has 0 aromatic carbocycles. The van der Waals surface area contributed by atoms with Crippen LogP contribution in [0.1, 0.15) is 19.8 Å². The monoisotopic (exact) mass is 160 g/mol. The quantitative estimate of drug-likeness (QED) is 0.618. The van der Waals surface area contributed by atoms with Gasteiger partial charge >= 0.3 is 0 Å². The average molecular weight is 160 g/mol. The van der Waals surface area contributed by atoms with E-state index in [9.17, 15) is 0 Å². The molecule has 1 aliphatic rings. The van der Waals surface area contributed by atoms with Gasteiger partial charge in [0.05, 0.1) is 12.7 Å². The lowest BCUT2D eigenvalue weighted by Crippen LogP contribution is -2.20. The Kier molecular flexibility index (Phi) is 3.83. The predicted octanol–water partition coefficient (Wildman–Crippen LogP) is 1.17. The van der Waals surface area contributed by atoms with Crippen LogP contribution in [0.15, 0.2) is 0 Å². The van der Waals surface area contributed by atoms with Gasteiger partial charge in [0.15, 0.2) is 6.29 Å². The van der Waals surface area contributed by atoms with Gasteiger partial charge in [-0.3, -0.25) is 0 Å². The third-order valence-electron chi connectivity index (χ3n) is 1.81. The first-order chi connectivity index (χ1) is 5.33. The van der Waals surface area contributed by atoms with Gasteiger partial charge in [-0.15, -0.1) is 0 Å². The molecule has 11 heavy (non-hydrogen) atoms. The molecule has 1 saturated heterocycles. The first-order valence-electron chi connectivity index (χ1n) is 4.09. The molecule has 1 heterocycles. The molecule has 66 valence electrons. The maximum Gasteiger partial charge on any atom is 0.157 e. The molecule has 0 aromatic rings.